The van der Waals surface area contributed by atoms with E-state index in [1.165, 1.54) is 14.7 Å². The van der Waals surface area contributed by atoms with E-state index in [1.54, 1.807) is 4.90 Å². The number of rotatable bonds is 12. The van der Waals surface area contributed by atoms with Crippen molar-refractivity contribution in [3.8, 4) is 0 Å². The van der Waals surface area contributed by atoms with Crippen LogP contribution in [0.3, 0.4) is 0 Å². The number of hydrogen-bond acceptors (Lipinski definition) is 10. The molecule has 0 aliphatic carbocycles. The standard InChI is InChI=1S/C18H35N5O13P2/c24-15(23(13-37(31,32)33)14-38(34,35)36)9-19-1-3-20(10-16(25)26)5-7-22(12-18(29)30)8-6-21(4-2-19)11-17(27)28/h1-14H2,(H,25,26)(H,27,28)(H,29,30)(H2,31,32,33)(H2,34,35,36). The molecule has 1 saturated heterocycles. The van der Waals surface area contributed by atoms with Crippen LogP contribution in [-0.4, -0.2) is 174 Å². The minimum atomic E-state index is -4.87. The summed E-state index contributed by atoms with van der Waals surface area (Å²) in [6.07, 6.45) is -2.44. The molecule has 0 aromatic carbocycles. The Morgan fingerprint density at radius 1 is 0.526 bits per heavy atom. The van der Waals surface area contributed by atoms with Crippen molar-refractivity contribution >= 4 is 39.0 Å². The van der Waals surface area contributed by atoms with Crippen LogP contribution in [0, 0.1) is 0 Å². The van der Waals surface area contributed by atoms with Gasteiger partial charge in [0.15, 0.2) is 0 Å². The van der Waals surface area contributed by atoms with Crippen molar-refractivity contribution in [2.45, 2.75) is 0 Å². The number of carboxylic acid groups (broad SMARTS) is 3. The molecule has 0 unspecified atom stereocenters. The van der Waals surface area contributed by atoms with Gasteiger partial charge in [-0.15, -0.1) is 0 Å². The van der Waals surface area contributed by atoms with Gasteiger partial charge in [0.1, 0.15) is 12.6 Å². The molecule has 18 nitrogen and oxygen atoms in total. The maximum absolute atomic E-state index is 12.8. The van der Waals surface area contributed by atoms with Gasteiger partial charge in [-0.1, -0.05) is 0 Å². The van der Waals surface area contributed by atoms with Gasteiger partial charge in [-0.05, 0) is 0 Å². The molecule has 0 aromatic rings. The minimum absolute atomic E-state index is 0.0402. The predicted octanol–water partition coefficient (Wildman–Crippen LogP) is -3.44. The first-order valence-electron chi connectivity index (χ1n) is 11.3. The summed E-state index contributed by atoms with van der Waals surface area (Å²) >= 11 is 0. The fourth-order valence-electron chi connectivity index (χ4n) is 3.72. The molecule has 1 fully saturated rings. The number of hydrogen-bond donors (Lipinski definition) is 7. The highest BCUT2D eigenvalue weighted by atomic mass is 31.2. The van der Waals surface area contributed by atoms with Crippen molar-refractivity contribution in [3.63, 3.8) is 0 Å². The zero-order valence-electron chi connectivity index (χ0n) is 20.6. The second-order valence-corrected chi connectivity index (χ2v) is 12.1. The predicted molar refractivity (Wildman–Crippen MR) is 129 cm³/mol. The molecule has 0 saturated carbocycles. The van der Waals surface area contributed by atoms with Crippen molar-refractivity contribution < 1.29 is 63.2 Å². The Hall–Kier alpha value is -1.98. The van der Waals surface area contributed by atoms with E-state index in [9.17, 15) is 63.2 Å². The van der Waals surface area contributed by atoms with E-state index in [1.807, 2.05) is 0 Å². The first kappa shape index (κ1) is 34.0. The van der Waals surface area contributed by atoms with E-state index in [0.717, 1.165) is 0 Å². The average molecular weight is 591 g/mol. The summed E-state index contributed by atoms with van der Waals surface area (Å²) in [4.78, 5) is 90.1. The Morgan fingerprint density at radius 2 is 0.763 bits per heavy atom. The third-order valence-corrected chi connectivity index (χ3v) is 6.85. The van der Waals surface area contributed by atoms with Gasteiger partial charge in [-0.2, -0.15) is 0 Å². The van der Waals surface area contributed by atoms with Gasteiger partial charge in [0, 0.05) is 52.4 Å². The highest BCUT2D eigenvalue weighted by molar-refractivity contribution is 7.52. The quantitative estimate of drug-likeness (QED) is 0.109. The van der Waals surface area contributed by atoms with Crippen LogP contribution in [0.4, 0.5) is 0 Å². The van der Waals surface area contributed by atoms with Gasteiger partial charge in [0.2, 0.25) is 5.91 Å². The Bertz CT molecular complexity index is 870. The summed E-state index contributed by atoms with van der Waals surface area (Å²) in [7, 11) is -9.74. The van der Waals surface area contributed by atoms with Crippen LogP contribution in [0.25, 0.3) is 0 Å². The van der Waals surface area contributed by atoms with Gasteiger partial charge >= 0.3 is 33.1 Å². The van der Waals surface area contributed by atoms with Crippen LogP contribution in [0.5, 0.6) is 0 Å². The van der Waals surface area contributed by atoms with Gasteiger partial charge in [0.05, 0.1) is 26.2 Å². The van der Waals surface area contributed by atoms with E-state index >= 15 is 0 Å². The molecule has 0 bridgehead atoms. The lowest BCUT2D eigenvalue weighted by atomic mass is 10.3. The van der Waals surface area contributed by atoms with Crippen LogP contribution >= 0.6 is 15.2 Å². The summed E-state index contributed by atoms with van der Waals surface area (Å²) in [5.41, 5.74) is 0. The lowest BCUT2D eigenvalue weighted by Crippen LogP contribution is -2.50. The molecule has 1 aliphatic rings. The molecule has 1 aliphatic heterocycles. The van der Waals surface area contributed by atoms with Crippen molar-refractivity contribution in [2.24, 2.45) is 0 Å². The molecule has 0 spiro atoms. The van der Waals surface area contributed by atoms with Gasteiger partial charge in [0.25, 0.3) is 0 Å². The van der Waals surface area contributed by atoms with Crippen LogP contribution in [0.2, 0.25) is 0 Å². The molecule has 1 heterocycles. The van der Waals surface area contributed by atoms with Crippen molar-refractivity contribution in [1.29, 1.82) is 0 Å². The third-order valence-electron chi connectivity index (χ3n) is 5.43. The number of carboxylic acids is 3. The zero-order valence-corrected chi connectivity index (χ0v) is 22.4. The van der Waals surface area contributed by atoms with E-state index in [0.29, 0.717) is 4.90 Å². The highest BCUT2D eigenvalue weighted by Crippen LogP contribution is 2.40. The molecular weight excluding hydrogens is 556 g/mol. The second-order valence-electron chi connectivity index (χ2n) is 8.83. The summed E-state index contributed by atoms with van der Waals surface area (Å²) in [6.45, 7) is -0.803. The molecule has 220 valence electrons. The Morgan fingerprint density at radius 3 is 0.974 bits per heavy atom. The molecule has 0 aromatic heterocycles. The van der Waals surface area contributed by atoms with E-state index in [2.05, 4.69) is 0 Å². The highest BCUT2D eigenvalue weighted by Gasteiger charge is 2.30. The molecule has 38 heavy (non-hydrogen) atoms. The molecular formula is C18H35N5O13P2. The first-order valence-corrected chi connectivity index (χ1v) is 14.9. The van der Waals surface area contributed by atoms with Gasteiger partial charge in [-0.3, -0.25) is 47.9 Å². The largest absolute Gasteiger partial charge is 0.480 e. The molecule has 1 amide bonds. The second kappa shape index (κ2) is 15.6. The molecule has 20 heteroatoms. The number of carbonyl (C=O) groups is 4. The van der Waals surface area contributed by atoms with Crippen LogP contribution in [-0.2, 0) is 28.3 Å². The average Bonchev–Trinajstić information content (AvgIpc) is 2.72. The number of amides is 1. The van der Waals surface area contributed by atoms with E-state index < -0.39 is 71.2 Å². The number of aliphatic carboxylic acids is 3. The summed E-state index contributed by atoms with van der Waals surface area (Å²) in [6, 6.07) is 0. The van der Waals surface area contributed by atoms with E-state index in [4.69, 9.17) is 0 Å². The number of carbonyl (C=O) groups excluding carboxylic acids is 1. The van der Waals surface area contributed by atoms with Crippen molar-refractivity contribution in [3.05, 3.63) is 0 Å². The molecule has 1 rings (SSSR count). The zero-order chi connectivity index (χ0) is 29.1. The molecule has 0 radical (unpaired) electrons. The summed E-state index contributed by atoms with van der Waals surface area (Å²) in [5.74, 6) is -4.39. The smallest absolute Gasteiger partial charge is 0.344 e. The van der Waals surface area contributed by atoms with E-state index in [-0.39, 0.29) is 58.9 Å². The lowest BCUT2D eigenvalue weighted by Gasteiger charge is -2.33. The van der Waals surface area contributed by atoms with Crippen molar-refractivity contribution in [2.75, 3.05) is 91.1 Å². The molecule has 7 N–H and O–H groups in total. The molecule has 0 atom stereocenters. The van der Waals surface area contributed by atoms with Crippen LogP contribution < -0.4 is 0 Å². The topological polar surface area (TPSA) is 260 Å². The summed E-state index contributed by atoms with van der Waals surface area (Å²) in [5, 5.41) is 27.7. The van der Waals surface area contributed by atoms with Gasteiger partial charge < -0.3 is 39.8 Å². The van der Waals surface area contributed by atoms with Gasteiger partial charge in [-0.25, -0.2) is 0 Å². The normalized spacial score (nSPS) is 18.3. The Kier molecular flexibility index (Phi) is 14.0. The maximum Gasteiger partial charge on any atom is 0.344 e. The van der Waals surface area contributed by atoms with Crippen molar-refractivity contribution in [1.82, 2.24) is 24.5 Å². The fraction of sp³-hybridized carbons (Fsp3) is 0.778. The first-order chi connectivity index (χ1) is 17.4. The van der Waals surface area contributed by atoms with Crippen LogP contribution in [0.15, 0.2) is 0 Å². The Balaban J connectivity index is 3.14. The number of nitrogens with zero attached hydrogens (tertiary/aromatic N) is 5. The fourth-order valence-corrected chi connectivity index (χ4v) is 5.29. The SMILES string of the molecule is O=C(O)CN1CCN(CC(=O)O)CCN(CC(=O)N(CP(=O)(O)O)CP(=O)(O)O)CCN(CC(=O)O)CC1. The minimum Gasteiger partial charge on any atom is -0.480 e. The maximum atomic E-state index is 12.8. The Labute approximate surface area is 218 Å². The summed E-state index contributed by atoms with van der Waals surface area (Å²) < 4.78 is 22.9. The lowest BCUT2D eigenvalue weighted by molar-refractivity contribution is -0.140. The third kappa shape index (κ3) is 16.1. The monoisotopic (exact) mass is 591 g/mol. The van der Waals surface area contributed by atoms with Crippen LogP contribution in [0.1, 0.15) is 0 Å².